The van der Waals surface area contributed by atoms with Crippen molar-refractivity contribution in [1.29, 1.82) is 0 Å². The summed E-state index contributed by atoms with van der Waals surface area (Å²) in [6, 6.07) is 7.75. The van der Waals surface area contributed by atoms with Gasteiger partial charge in [0.15, 0.2) is 17.6 Å². The molecule has 0 bridgehead atoms. The monoisotopic (exact) mass is 576 g/mol. The Labute approximate surface area is 231 Å². The first-order valence-electron chi connectivity index (χ1n) is 12.4. The number of aliphatic hydroxyl groups excluding tert-OH is 5. The molecule has 0 spiro atoms. The van der Waals surface area contributed by atoms with E-state index in [1.807, 2.05) is 0 Å². The third kappa shape index (κ3) is 4.97. The molecule has 0 unspecified atom stereocenters. The number of phenolic OH excluding ortho intramolecular Hbond substituents is 6. The molecular formula is C27H28O14. The summed E-state index contributed by atoms with van der Waals surface area (Å²) in [5.74, 6) is -4.95. The zero-order valence-corrected chi connectivity index (χ0v) is 21.0. The highest BCUT2D eigenvalue weighted by Crippen LogP contribution is 2.54. The topological polar surface area (TPSA) is 250 Å². The fourth-order valence-electron chi connectivity index (χ4n) is 5.14. The maximum atomic E-state index is 11.4. The molecule has 8 atom stereocenters. The highest BCUT2D eigenvalue weighted by molar-refractivity contribution is 5.62. The molecule has 0 aliphatic carbocycles. The van der Waals surface area contributed by atoms with Gasteiger partial charge in [0.05, 0.1) is 12.5 Å². The first kappa shape index (κ1) is 28.4. The molecule has 3 aromatic rings. The van der Waals surface area contributed by atoms with Gasteiger partial charge in [-0.1, -0.05) is 6.07 Å². The molecule has 1 saturated heterocycles. The Morgan fingerprint density at radius 3 is 1.95 bits per heavy atom. The number of aliphatic hydroxyl groups is 5. The van der Waals surface area contributed by atoms with E-state index in [9.17, 15) is 56.2 Å². The van der Waals surface area contributed by atoms with E-state index in [4.69, 9.17) is 14.2 Å². The molecule has 2 aliphatic rings. The van der Waals surface area contributed by atoms with Gasteiger partial charge in [0.2, 0.25) is 6.29 Å². The Balaban J connectivity index is 1.55. The van der Waals surface area contributed by atoms with Crippen molar-refractivity contribution in [3.63, 3.8) is 0 Å². The number of rotatable bonds is 5. The van der Waals surface area contributed by atoms with Crippen molar-refractivity contribution >= 4 is 0 Å². The number of phenols is 6. The van der Waals surface area contributed by atoms with E-state index in [1.165, 1.54) is 6.07 Å². The predicted molar refractivity (Wildman–Crippen MR) is 135 cm³/mol. The zero-order chi connectivity index (χ0) is 29.7. The van der Waals surface area contributed by atoms with Gasteiger partial charge in [0.25, 0.3) is 0 Å². The van der Waals surface area contributed by atoms with E-state index in [-0.39, 0.29) is 33.9 Å². The molecule has 0 amide bonds. The number of hydrogen-bond donors (Lipinski definition) is 11. The number of ether oxygens (including phenoxy) is 3. The van der Waals surface area contributed by atoms with Crippen LogP contribution in [0.4, 0.5) is 0 Å². The van der Waals surface area contributed by atoms with Crippen molar-refractivity contribution in [3.8, 4) is 46.0 Å². The van der Waals surface area contributed by atoms with Crippen LogP contribution in [0.1, 0.15) is 28.7 Å². The second kappa shape index (κ2) is 10.7. The van der Waals surface area contributed by atoms with Crippen LogP contribution >= 0.6 is 0 Å². The van der Waals surface area contributed by atoms with Crippen LogP contribution in [-0.4, -0.2) is 99.6 Å². The molecule has 2 aliphatic heterocycles. The summed E-state index contributed by atoms with van der Waals surface area (Å²) in [6.07, 6.45) is -11.0. The summed E-state index contributed by atoms with van der Waals surface area (Å²) in [7, 11) is 0. The fourth-order valence-corrected chi connectivity index (χ4v) is 5.14. The molecule has 41 heavy (non-hydrogen) atoms. The molecule has 1 fully saturated rings. The van der Waals surface area contributed by atoms with Gasteiger partial charge in [0.1, 0.15) is 65.0 Å². The molecule has 0 saturated carbocycles. The Morgan fingerprint density at radius 2 is 1.32 bits per heavy atom. The summed E-state index contributed by atoms with van der Waals surface area (Å²) in [5, 5.41) is 113. The Morgan fingerprint density at radius 1 is 0.659 bits per heavy atom. The summed E-state index contributed by atoms with van der Waals surface area (Å²) in [5.41, 5.74) is -0.215. The van der Waals surface area contributed by atoms with E-state index in [2.05, 4.69) is 0 Å². The lowest BCUT2D eigenvalue weighted by Gasteiger charge is -2.39. The molecule has 14 nitrogen and oxygen atoms in total. The lowest BCUT2D eigenvalue weighted by atomic mass is 9.79. The number of benzene rings is 3. The van der Waals surface area contributed by atoms with Crippen LogP contribution in [0.2, 0.25) is 0 Å². The van der Waals surface area contributed by atoms with Crippen molar-refractivity contribution in [1.82, 2.24) is 0 Å². The number of aromatic hydroxyl groups is 6. The van der Waals surface area contributed by atoms with Crippen LogP contribution in [-0.2, 0) is 4.74 Å². The van der Waals surface area contributed by atoms with Crippen LogP contribution in [0, 0.1) is 0 Å². The molecule has 0 radical (unpaired) electrons. The van der Waals surface area contributed by atoms with E-state index >= 15 is 0 Å². The van der Waals surface area contributed by atoms with Gasteiger partial charge in [-0.2, -0.15) is 0 Å². The Hall–Kier alpha value is -4.18. The number of hydrogen-bond acceptors (Lipinski definition) is 14. The lowest BCUT2D eigenvalue weighted by Crippen LogP contribution is -2.60. The molecule has 0 aromatic heterocycles. The minimum absolute atomic E-state index is 0.0947. The Bertz CT molecular complexity index is 1420. The third-order valence-electron chi connectivity index (χ3n) is 7.17. The van der Waals surface area contributed by atoms with Crippen LogP contribution in [0.3, 0.4) is 0 Å². The third-order valence-corrected chi connectivity index (χ3v) is 7.17. The standard InChI is InChI=1S/C27H28O14/c28-8-18-22(35)24(37)25(38)27(41-18)39-11-6-15(33)19(16(34)7-11)21-20-14(32)4-10(29)5-17(20)40-26(23(21)36)9-1-2-12(30)13(31)3-9/h1-7,18,21-38H,8H2/t18-,21+,22-,23-,24+,25-,26-,27-/m1/s1. The normalized spacial score (nSPS) is 29.4. The molecule has 220 valence electrons. The van der Waals surface area contributed by atoms with E-state index in [0.717, 1.165) is 36.4 Å². The average Bonchev–Trinajstić information content (AvgIpc) is 2.91. The Kier molecular flexibility index (Phi) is 7.37. The minimum atomic E-state index is -1.77. The van der Waals surface area contributed by atoms with Gasteiger partial charge in [-0.05, 0) is 17.7 Å². The van der Waals surface area contributed by atoms with Gasteiger partial charge < -0.3 is 70.4 Å². The lowest BCUT2D eigenvalue weighted by molar-refractivity contribution is -0.277. The highest BCUT2D eigenvalue weighted by atomic mass is 16.7. The zero-order valence-electron chi connectivity index (χ0n) is 21.0. The molecule has 5 rings (SSSR count). The fraction of sp³-hybridized carbons (Fsp3) is 0.333. The minimum Gasteiger partial charge on any atom is -0.508 e. The van der Waals surface area contributed by atoms with Crippen LogP contribution in [0.25, 0.3) is 0 Å². The quantitative estimate of drug-likeness (QED) is 0.175. The largest absolute Gasteiger partial charge is 0.508 e. The maximum absolute atomic E-state index is 11.4. The van der Waals surface area contributed by atoms with Gasteiger partial charge in [-0.3, -0.25) is 0 Å². The molecular weight excluding hydrogens is 548 g/mol. The van der Waals surface area contributed by atoms with E-state index in [1.54, 1.807) is 0 Å². The second-order valence-corrected chi connectivity index (χ2v) is 9.82. The summed E-state index contributed by atoms with van der Waals surface area (Å²) < 4.78 is 16.6. The van der Waals surface area contributed by atoms with Crippen LogP contribution in [0.5, 0.6) is 46.0 Å². The number of fused-ring (bicyclic) bond motifs is 1. The van der Waals surface area contributed by atoms with E-state index in [0.29, 0.717) is 0 Å². The van der Waals surface area contributed by atoms with Gasteiger partial charge >= 0.3 is 0 Å². The van der Waals surface area contributed by atoms with Gasteiger partial charge in [-0.15, -0.1) is 0 Å². The smallest absolute Gasteiger partial charge is 0.229 e. The first-order valence-corrected chi connectivity index (χ1v) is 12.4. The maximum Gasteiger partial charge on any atom is 0.229 e. The van der Waals surface area contributed by atoms with Crippen molar-refractivity contribution in [3.05, 3.63) is 59.2 Å². The summed E-state index contributed by atoms with van der Waals surface area (Å²) in [4.78, 5) is 0. The van der Waals surface area contributed by atoms with Crippen molar-refractivity contribution < 1.29 is 70.4 Å². The average molecular weight is 577 g/mol. The molecule has 3 aromatic carbocycles. The molecule has 11 N–H and O–H groups in total. The van der Waals surface area contributed by atoms with Crippen molar-refractivity contribution in [2.24, 2.45) is 0 Å². The first-order chi connectivity index (χ1) is 19.4. The highest BCUT2D eigenvalue weighted by Gasteiger charge is 2.46. The molecule has 14 heteroatoms. The second-order valence-electron chi connectivity index (χ2n) is 9.82. The van der Waals surface area contributed by atoms with Crippen molar-refractivity contribution in [2.75, 3.05) is 6.61 Å². The van der Waals surface area contributed by atoms with Crippen molar-refractivity contribution in [2.45, 2.75) is 48.8 Å². The van der Waals surface area contributed by atoms with Gasteiger partial charge in [-0.25, -0.2) is 0 Å². The SMILES string of the molecule is OC[C@H]1O[C@@H](Oc2cc(O)c([C@H]3c4c(O)cc(O)cc4O[C@H](c4ccc(O)c(O)c4)[C@@H]3O)c(O)c2)[C@H](O)[C@@H](O)[C@@H]1O. The van der Waals surface area contributed by atoms with Gasteiger partial charge in [0, 0.05) is 35.4 Å². The predicted octanol–water partition coefficient (Wildman–Crippen LogP) is -0.275. The summed E-state index contributed by atoms with van der Waals surface area (Å²) >= 11 is 0. The van der Waals surface area contributed by atoms with Crippen LogP contribution in [0.15, 0.2) is 42.5 Å². The van der Waals surface area contributed by atoms with E-state index < -0.39 is 84.2 Å². The summed E-state index contributed by atoms with van der Waals surface area (Å²) in [6.45, 7) is -0.708. The molecule has 2 heterocycles. The van der Waals surface area contributed by atoms with Crippen LogP contribution < -0.4 is 9.47 Å².